The van der Waals surface area contributed by atoms with Crippen molar-refractivity contribution in [2.45, 2.75) is 26.3 Å². The van der Waals surface area contributed by atoms with Gasteiger partial charge in [0.05, 0.1) is 18.2 Å². The number of carbonyl (C=O) groups is 1. The number of nitrogens with two attached hydrogens (primary N) is 1. The first-order valence-corrected chi connectivity index (χ1v) is 8.24. The second-order valence-electron chi connectivity index (χ2n) is 5.33. The molecule has 0 aliphatic heterocycles. The van der Waals surface area contributed by atoms with Crippen molar-refractivity contribution < 1.29 is 9.21 Å². The van der Waals surface area contributed by atoms with E-state index in [9.17, 15) is 4.79 Å². The van der Waals surface area contributed by atoms with Crippen molar-refractivity contribution >= 4 is 22.4 Å². The van der Waals surface area contributed by atoms with Gasteiger partial charge in [0.15, 0.2) is 0 Å². The number of hydrogen-bond acceptors (Lipinski definition) is 7. The maximum absolute atomic E-state index is 12.2. The molecule has 0 radical (unpaired) electrons. The highest BCUT2D eigenvalue weighted by atomic mass is 32.1. The predicted molar refractivity (Wildman–Crippen MR) is 91.3 cm³/mol. The molecule has 8 heteroatoms. The van der Waals surface area contributed by atoms with Crippen LogP contribution in [0.25, 0.3) is 11.5 Å². The number of anilines is 1. The van der Waals surface area contributed by atoms with Crippen LogP contribution in [-0.2, 0) is 11.2 Å². The van der Waals surface area contributed by atoms with Crippen LogP contribution in [0.5, 0.6) is 0 Å². The van der Waals surface area contributed by atoms with Crippen LogP contribution in [-0.4, -0.2) is 21.1 Å². The third-order valence-corrected chi connectivity index (χ3v) is 4.38. The first kappa shape index (κ1) is 16.1. The molecule has 3 N–H and O–H groups in total. The van der Waals surface area contributed by atoms with E-state index in [0.29, 0.717) is 27.5 Å². The van der Waals surface area contributed by atoms with Crippen molar-refractivity contribution in [3.8, 4) is 11.5 Å². The number of nitrogen functional groups attached to an aromatic ring is 1. The van der Waals surface area contributed by atoms with Gasteiger partial charge in [-0.05, 0) is 26.0 Å². The minimum absolute atomic E-state index is 0.140. The molecule has 0 saturated heterocycles. The standard InChI is InChI=1S/C16H17N5O2S/c1-9(15-20-21-16(17)24-15)18-13(22)8-12-10(2)23-14(19-12)11-6-4-3-5-7-11/h3-7,9H,8H2,1-2H3,(H2,17,21)(H,18,22)/t9-/m0/s1. The van der Waals surface area contributed by atoms with Gasteiger partial charge in [-0.2, -0.15) is 0 Å². The highest BCUT2D eigenvalue weighted by molar-refractivity contribution is 7.15. The Morgan fingerprint density at radius 1 is 1.33 bits per heavy atom. The highest BCUT2D eigenvalue weighted by Crippen LogP contribution is 2.22. The molecular formula is C16H17N5O2S. The van der Waals surface area contributed by atoms with Gasteiger partial charge in [-0.1, -0.05) is 29.5 Å². The summed E-state index contributed by atoms with van der Waals surface area (Å²) in [6.45, 7) is 3.64. The topological polar surface area (TPSA) is 107 Å². The molecule has 0 spiro atoms. The second-order valence-corrected chi connectivity index (χ2v) is 6.37. The van der Waals surface area contributed by atoms with Crippen molar-refractivity contribution in [2.24, 2.45) is 0 Å². The van der Waals surface area contributed by atoms with Crippen molar-refractivity contribution in [1.29, 1.82) is 0 Å². The number of nitrogens with one attached hydrogen (secondary N) is 1. The number of amides is 1. The van der Waals surface area contributed by atoms with Gasteiger partial charge in [0.1, 0.15) is 10.8 Å². The minimum atomic E-state index is -0.256. The number of carbonyl (C=O) groups excluding carboxylic acids is 1. The molecule has 2 heterocycles. The molecule has 3 aromatic rings. The summed E-state index contributed by atoms with van der Waals surface area (Å²) in [6, 6.07) is 9.32. The summed E-state index contributed by atoms with van der Waals surface area (Å²) in [5.41, 5.74) is 7.06. The van der Waals surface area contributed by atoms with E-state index in [0.717, 1.165) is 5.56 Å². The lowest BCUT2D eigenvalue weighted by Gasteiger charge is -2.09. The average Bonchev–Trinajstić information content (AvgIpc) is 3.15. The SMILES string of the molecule is Cc1oc(-c2ccccc2)nc1CC(=O)N[C@@H](C)c1nnc(N)s1. The van der Waals surface area contributed by atoms with Crippen LogP contribution in [0.4, 0.5) is 5.13 Å². The lowest BCUT2D eigenvalue weighted by Crippen LogP contribution is -2.28. The molecule has 124 valence electrons. The van der Waals surface area contributed by atoms with E-state index in [-0.39, 0.29) is 18.4 Å². The number of oxazole rings is 1. The Labute approximate surface area is 142 Å². The summed E-state index contributed by atoms with van der Waals surface area (Å²) in [4.78, 5) is 16.7. The van der Waals surface area contributed by atoms with E-state index in [2.05, 4.69) is 20.5 Å². The maximum Gasteiger partial charge on any atom is 0.226 e. The van der Waals surface area contributed by atoms with Crippen LogP contribution in [0.2, 0.25) is 0 Å². The molecule has 1 aromatic carbocycles. The number of aromatic nitrogens is 3. The fourth-order valence-electron chi connectivity index (χ4n) is 2.22. The zero-order valence-corrected chi connectivity index (χ0v) is 14.1. The lowest BCUT2D eigenvalue weighted by molar-refractivity contribution is -0.121. The summed E-state index contributed by atoms with van der Waals surface area (Å²) in [5.74, 6) is 0.991. The van der Waals surface area contributed by atoms with Crippen LogP contribution in [0.1, 0.15) is 29.4 Å². The first-order valence-electron chi connectivity index (χ1n) is 7.43. The summed E-state index contributed by atoms with van der Waals surface area (Å²) >= 11 is 1.26. The Morgan fingerprint density at radius 2 is 2.08 bits per heavy atom. The minimum Gasteiger partial charge on any atom is -0.441 e. The van der Waals surface area contributed by atoms with Gasteiger partial charge < -0.3 is 15.5 Å². The molecule has 0 fully saturated rings. The summed E-state index contributed by atoms with van der Waals surface area (Å²) in [7, 11) is 0. The first-order chi connectivity index (χ1) is 11.5. The molecule has 0 unspecified atom stereocenters. The van der Waals surface area contributed by atoms with E-state index >= 15 is 0 Å². The van der Waals surface area contributed by atoms with Crippen molar-refractivity contribution in [2.75, 3.05) is 5.73 Å². The molecule has 1 atom stereocenters. The second kappa shape index (κ2) is 6.79. The predicted octanol–water partition coefficient (Wildman–Crippen LogP) is 2.50. The lowest BCUT2D eigenvalue weighted by atomic mass is 10.2. The molecule has 3 rings (SSSR count). The molecule has 0 bridgehead atoms. The molecule has 0 saturated carbocycles. The molecule has 0 aliphatic carbocycles. The molecule has 7 nitrogen and oxygen atoms in total. The van der Waals surface area contributed by atoms with Gasteiger partial charge in [0.2, 0.25) is 16.9 Å². The zero-order chi connectivity index (χ0) is 17.1. The van der Waals surface area contributed by atoms with Crippen molar-refractivity contribution in [1.82, 2.24) is 20.5 Å². The Kier molecular flexibility index (Phi) is 4.57. The fourth-order valence-corrected chi connectivity index (χ4v) is 2.84. The normalized spacial score (nSPS) is 12.1. The molecule has 24 heavy (non-hydrogen) atoms. The quantitative estimate of drug-likeness (QED) is 0.737. The Morgan fingerprint density at radius 3 is 2.75 bits per heavy atom. The number of aryl methyl sites for hydroxylation is 1. The third kappa shape index (κ3) is 3.60. The van der Waals surface area contributed by atoms with E-state index < -0.39 is 0 Å². The van der Waals surface area contributed by atoms with E-state index in [1.807, 2.05) is 37.3 Å². The smallest absolute Gasteiger partial charge is 0.226 e. The maximum atomic E-state index is 12.2. The number of benzene rings is 1. The summed E-state index contributed by atoms with van der Waals surface area (Å²) in [6.07, 6.45) is 0.140. The largest absolute Gasteiger partial charge is 0.441 e. The highest BCUT2D eigenvalue weighted by Gasteiger charge is 2.18. The molecule has 0 aliphatic rings. The number of nitrogens with zero attached hydrogens (tertiary/aromatic N) is 3. The van der Waals surface area contributed by atoms with Gasteiger partial charge in [-0.25, -0.2) is 4.98 Å². The van der Waals surface area contributed by atoms with E-state index in [1.165, 1.54) is 11.3 Å². The Bertz CT molecular complexity index is 843. The van der Waals surface area contributed by atoms with Crippen LogP contribution < -0.4 is 11.1 Å². The van der Waals surface area contributed by atoms with Crippen LogP contribution >= 0.6 is 11.3 Å². The fraction of sp³-hybridized carbons (Fsp3) is 0.250. The van der Waals surface area contributed by atoms with Gasteiger partial charge in [-0.15, -0.1) is 10.2 Å². The van der Waals surface area contributed by atoms with Gasteiger partial charge in [0.25, 0.3) is 0 Å². The van der Waals surface area contributed by atoms with Crippen LogP contribution in [0, 0.1) is 6.92 Å². The molecule has 2 aromatic heterocycles. The Balaban J connectivity index is 1.67. The molecule has 1 amide bonds. The Hall–Kier alpha value is -2.74. The van der Waals surface area contributed by atoms with E-state index in [4.69, 9.17) is 10.2 Å². The summed E-state index contributed by atoms with van der Waals surface area (Å²) < 4.78 is 5.67. The van der Waals surface area contributed by atoms with Gasteiger partial charge in [0, 0.05) is 5.56 Å². The third-order valence-electron chi connectivity index (χ3n) is 3.45. The van der Waals surface area contributed by atoms with Crippen LogP contribution in [0.3, 0.4) is 0 Å². The summed E-state index contributed by atoms with van der Waals surface area (Å²) in [5, 5.41) is 11.6. The van der Waals surface area contributed by atoms with E-state index in [1.54, 1.807) is 6.92 Å². The monoisotopic (exact) mass is 343 g/mol. The van der Waals surface area contributed by atoms with Crippen molar-refractivity contribution in [3.63, 3.8) is 0 Å². The average molecular weight is 343 g/mol. The molecular weight excluding hydrogens is 326 g/mol. The number of rotatable bonds is 5. The van der Waals surface area contributed by atoms with Gasteiger partial charge in [-0.3, -0.25) is 4.79 Å². The van der Waals surface area contributed by atoms with Crippen molar-refractivity contribution in [3.05, 3.63) is 46.8 Å². The van der Waals surface area contributed by atoms with Crippen LogP contribution in [0.15, 0.2) is 34.7 Å². The van der Waals surface area contributed by atoms with Gasteiger partial charge >= 0.3 is 0 Å². The number of hydrogen-bond donors (Lipinski definition) is 2. The zero-order valence-electron chi connectivity index (χ0n) is 13.3.